The third-order valence-corrected chi connectivity index (χ3v) is 4.44. The quantitative estimate of drug-likeness (QED) is 0.792. The Balaban J connectivity index is 1.62. The van der Waals surface area contributed by atoms with Crippen molar-refractivity contribution in [3.8, 4) is 0 Å². The molecule has 0 bridgehead atoms. The van der Waals surface area contributed by atoms with Gasteiger partial charge >= 0.3 is 0 Å². The summed E-state index contributed by atoms with van der Waals surface area (Å²) in [6, 6.07) is 11.5. The molecule has 0 saturated heterocycles. The molecule has 3 aromatic rings. The summed E-state index contributed by atoms with van der Waals surface area (Å²) < 4.78 is 1.27. The van der Waals surface area contributed by atoms with E-state index in [9.17, 15) is 4.79 Å². The number of halogens is 1. The molecule has 0 fully saturated rings. The van der Waals surface area contributed by atoms with Crippen molar-refractivity contribution < 1.29 is 4.79 Å². The van der Waals surface area contributed by atoms with Crippen LogP contribution in [-0.4, -0.2) is 17.4 Å². The third-order valence-electron chi connectivity index (χ3n) is 3.20. The summed E-state index contributed by atoms with van der Waals surface area (Å²) in [7, 11) is 0. The average Bonchev–Trinajstić information content (AvgIpc) is 2.91. The first kappa shape index (κ1) is 14.0. The van der Waals surface area contributed by atoms with Gasteiger partial charge in [0.2, 0.25) is 0 Å². The first-order chi connectivity index (χ1) is 10.2. The SMILES string of the molecule is O=C(NCCc1csc2ccccc12)c1cc(Cl)ccn1. The number of pyridine rings is 1. The zero-order chi connectivity index (χ0) is 14.7. The van der Waals surface area contributed by atoms with Gasteiger partial charge in [0, 0.05) is 22.5 Å². The van der Waals surface area contributed by atoms with Crippen molar-refractivity contribution in [2.75, 3.05) is 6.54 Å². The van der Waals surface area contributed by atoms with E-state index in [0.717, 1.165) is 6.42 Å². The number of fused-ring (bicyclic) bond motifs is 1. The molecule has 0 saturated carbocycles. The van der Waals surface area contributed by atoms with Crippen molar-refractivity contribution in [3.05, 3.63) is 64.3 Å². The van der Waals surface area contributed by atoms with Crippen LogP contribution in [0.3, 0.4) is 0 Å². The lowest BCUT2D eigenvalue weighted by atomic mass is 10.1. The third kappa shape index (κ3) is 3.23. The van der Waals surface area contributed by atoms with Gasteiger partial charge in [0.1, 0.15) is 5.69 Å². The molecular formula is C16H13ClN2OS. The van der Waals surface area contributed by atoms with E-state index in [0.29, 0.717) is 17.3 Å². The highest BCUT2D eigenvalue weighted by atomic mass is 35.5. The van der Waals surface area contributed by atoms with Gasteiger partial charge in [-0.05, 0) is 40.9 Å². The molecule has 0 atom stereocenters. The van der Waals surface area contributed by atoms with Crippen molar-refractivity contribution >= 4 is 38.9 Å². The van der Waals surface area contributed by atoms with E-state index < -0.39 is 0 Å². The van der Waals surface area contributed by atoms with E-state index in [4.69, 9.17) is 11.6 Å². The molecule has 5 heteroatoms. The number of aromatic nitrogens is 1. The highest BCUT2D eigenvalue weighted by Gasteiger charge is 2.08. The maximum absolute atomic E-state index is 12.0. The lowest BCUT2D eigenvalue weighted by molar-refractivity contribution is 0.0949. The lowest BCUT2D eigenvalue weighted by Crippen LogP contribution is -2.26. The van der Waals surface area contributed by atoms with Crippen molar-refractivity contribution in [1.82, 2.24) is 10.3 Å². The van der Waals surface area contributed by atoms with Gasteiger partial charge in [-0.3, -0.25) is 9.78 Å². The van der Waals surface area contributed by atoms with Crippen molar-refractivity contribution in [2.24, 2.45) is 0 Å². The van der Waals surface area contributed by atoms with Gasteiger partial charge in [0.15, 0.2) is 0 Å². The van der Waals surface area contributed by atoms with Gasteiger partial charge in [-0.15, -0.1) is 11.3 Å². The van der Waals surface area contributed by atoms with Crippen molar-refractivity contribution in [2.45, 2.75) is 6.42 Å². The summed E-state index contributed by atoms with van der Waals surface area (Å²) in [6.45, 7) is 0.577. The van der Waals surface area contributed by atoms with E-state index in [1.54, 1.807) is 23.5 Å². The Kier molecular flexibility index (Phi) is 4.18. The van der Waals surface area contributed by atoms with E-state index in [1.807, 2.05) is 12.1 Å². The van der Waals surface area contributed by atoms with Gasteiger partial charge < -0.3 is 5.32 Å². The molecule has 1 aromatic carbocycles. The number of carbonyl (C=O) groups excluding carboxylic acids is 1. The van der Waals surface area contributed by atoms with Crippen LogP contribution in [0, 0.1) is 0 Å². The zero-order valence-corrected chi connectivity index (χ0v) is 12.7. The van der Waals surface area contributed by atoms with Gasteiger partial charge in [-0.25, -0.2) is 0 Å². The number of hydrogen-bond donors (Lipinski definition) is 1. The van der Waals surface area contributed by atoms with Gasteiger partial charge in [-0.1, -0.05) is 29.8 Å². The van der Waals surface area contributed by atoms with Crippen LogP contribution in [0.15, 0.2) is 48.0 Å². The van der Waals surface area contributed by atoms with E-state index in [-0.39, 0.29) is 5.91 Å². The van der Waals surface area contributed by atoms with Crippen LogP contribution >= 0.6 is 22.9 Å². The molecule has 3 nitrogen and oxygen atoms in total. The lowest BCUT2D eigenvalue weighted by Gasteiger charge is -2.04. The Bertz CT molecular complexity index is 785. The molecule has 1 amide bonds. The minimum absolute atomic E-state index is 0.197. The highest BCUT2D eigenvalue weighted by Crippen LogP contribution is 2.25. The molecule has 3 rings (SSSR count). The van der Waals surface area contributed by atoms with Crippen molar-refractivity contribution in [3.63, 3.8) is 0 Å². The normalized spacial score (nSPS) is 10.7. The van der Waals surface area contributed by atoms with E-state index in [2.05, 4.69) is 27.8 Å². The van der Waals surface area contributed by atoms with E-state index >= 15 is 0 Å². The van der Waals surface area contributed by atoms with Crippen LogP contribution in [0.4, 0.5) is 0 Å². The summed E-state index contributed by atoms with van der Waals surface area (Å²) in [5, 5.41) is 6.80. The van der Waals surface area contributed by atoms with Crippen LogP contribution in [0.2, 0.25) is 5.02 Å². The molecular weight excluding hydrogens is 304 g/mol. The van der Waals surface area contributed by atoms with Gasteiger partial charge in [-0.2, -0.15) is 0 Å². The molecule has 0 radical (unpaired) electrons. The number of carbonyl (C=O) groups is 1. The Labute approximate surface area is 131 Å². The van der Waals surface area contributed by atoms with Crippen LogP contribution in [0.5, 0.6) is 0 Å². The summed E-state index contributed by atoms with van der Waals surface area (Å²) in [5.41, 5.74) is 1.60. The van der Waals surface area contributed by atoms with E-state index in [1.165, 1.54) is 21.8 Å². The second kappa shape index (κ2) is 6.24. The van der Waals surface area contributed by atoms with Crippen LogP contribution in [0.25, 0.3) is 10.1 Å². The maximum Gasteiger partial charge on any atom is 0.269 e. The number of rotatable bonds is 4. The van der Waals surface area contributed by atoms with Crippen LogP contribution < -0.4 is 5.32 Å². The number of thiophene rings is 1. The first-order valence-electron chi connectivity index (χ1n) is 6.59. The predicted octanol–water partition coefficient (Wildman–Crippen LogP) is 3.92. The fourth-order valence-electron chi connectivity index (χ4n) is 2.16. The fraction of sp³-hybridized carbons (Fsp3) is 0.125. The van der Waals surface area contributed by atoms with Crippen molar-refractivity contribution in [1.29, 1.82) is 0 Å². The second-order valence-electron chi connectivity index (χ2n) is 4.62. The number of benzene rings is 1. The monoisotopic (exact) mass is 316 g/mol. The first-order valence-corrected chi connectivity index (χ1v) is 7.84. The molecule has 2 heterocycles. The zero-order valence-electron chi connectivity index (χ0n) is 11.2. The minimum atomic E-state index is -0.197. The van der Waals surface area contributed by atoms with Crippen LogP contribution in [0.1, 0.15) is 16.1 Å². The molecule has 106 valence electrons. The Morgan fingerprint density at radius 3 is 3.00 bits per heavy atom. The molecule has 2 aromatic heterocycles. The number of amides is 1. The summed E-state index contributed by atoms with van der Waals surface area (Å²) in [5.74, 6) is -0.197. The number of nitrogens with one attached hydrogen (secondary N) is 1. The average molecular weight is 317 g/mol. The minimum Gasteiger partial charge on any atom is -0.350 e. The summed E-state index contributed by atoms with van der Waals surface area (Å²) >= 11 is 7.58. The highest BCUT2D eigenvalue weighted by molar-refractivity contribution is 7.17. The molecule has 21 heavy (non-hydrogen) atoms. The second-order valence-corrected chi connectivity index (χ2v) is 5.97. The fourth-order valence-corrected chi connectivity index (χ4v) is 3.31. The Morgan fingerprint density at radius 2 is 2.14 bits per heavy atom. The summed E-state index contributed by atoms with van der Waals surface area (Å²) in [4.78, 5) is 16.0. The summed E-state index contributed by atoms with van der Waals surface area (Å²) in [6.07, 6.45) is 2.33. The Morgan fingerprint density at radius 1 is 1.29 bits per heavy atom. The molecule has 1 N–H and O–H groups in total. The standard InChI is InChI=1S/C16H13ClN2OS/c17-12-6-8-18-14(9-12)16(20)19-7-5-11-10-21-15-4-2-1-3-13(11)15/h1-4,6,8-10H,5,7H2,(H,19,20). The van der Waals surface area contributed by atoms with Gasteiger partial charge in [0.25, 0.3) is 5.91 Å². The predicted molar refractivity (Wildman–Crippen MR) is 87.1 cm³/mol. The Hall–Kier alpha value is -1.91. The maximum atomic E-state index is 12.0. The topological polar surface area (TPSA) is 42.0 Å². The molecule has 0 aliphatic carbocycles. The molecule has 0 spiro atoms. The number of hydrogen-bond acceptors (Lipinski definition) is 3. The van der Waals surface area contributed by atoms with Crippen LogP contribution in [-0.2, 0) is 6.42 Å². The van der Waals surface area contributed by atoms with Gasteiger partial charge in [0.05, 0.1) is 0 Å². The number of nitrogens with zero attached hydrogens (tertiary/aromatic N) is 1. The molecule has 0 aliphatic heterocycles. The molecule has 0 unspecified atom stereocenters. The largest absolute Gasteiger partial charge is 0.350 e. The smallest absolute Gasteiger partial charge is 0.269 e. The molecule has 0 aliphatic rings.